The van der Waals surface area contributed by atoms with E-state index in [0.717, 1.165) is 31.2 Å². The highest BCUT2D eigenvalue weighted by Crippen LogP contribution is 2.37. The van der Waals surface area contributed by atoms with Crippen molar-refractivity contribution in [1.82, 2.24) is 0 Å². The summed E-state index contributed by atoms with van der Waals surface area (Å²) in [5.41, 5.74) is 2.22. The summed E-state index contributed by atoms with van der Waals surface area (Å²) in [6.07, 6.45) is 6.57. The highest BCUT2D eigenvalue weighted by Gasteiger charge is 2.21. The van der Waals surface area contributed by atoms with E-state index in [2.05, 4.69) is 11.4 Å². The van der Waals surface area contributed by atoms with Crippen LogP contribution in [0.4, 0.5) is 5.00 Å². The Morgan fingerprint density at radius 1 is 1.12 bits per heavy atom. The molecule has 1 heterocycles. The first-order chi connectivity index (χ1) is 12.7. The van der Waals surface area contributed by atoms with Gasteiger partial charge in [-0.15, -0.1) is 11.3 Å². The van der Waals surface area contributed by atoms with E-state index >= 15 is 0 Å². The molecule has 2 aromatic rings. The lowest BCUT2D eigenvalue weighted by Crippen LogP contribution is -2.12. The quantitative estimate of drug-likeness (QED) is 0.857. The number of anilines is 1. The van der Waals surface area contributed by atoms with E-state index in [1.165, 1.54) is 36.2 Å². The van der Waals surface area contributed by atoms with E-state index in [9.17, 15) is 10.1 Å². The molecule has 1 amide bonds. The summed E-state index contributed by atoms with van der Waals surface area (Å²) in [7, 11) is 3.09. The van der Waals surface area contributed by atoms with Gasteiger partial charge in [0.1, 0.15) is 11.1 Å². The minimum absolute atomic E-state index is 0.253. The molecule has 0 fully saturated rings. The molecule has 1 N–H and O–H groups in total. The number of methoxy groups -OCH3 is 2. The van der Waals surface area contributed by atoms with Crippen LogP contribution in [0.2, 0.25) is 0 Å². The monoisotopic (exact) mass is 370 g/mol. The molecule has 0 aliphatic heterocycles. The van der Waals surface area contributed by atoms with Crippen molar-refractivity contribution in [3.63, 3.8) is 0 Å². The van der Waals surface area contributed by atoms with Gasteiger partial charge in [0.15, 0.2) is 11.5 Å². The number of nitrogens with zero attached hydrogens (tertiary/aromatic N) is 1. The molecule has 1 aromatic heterocycles. The summed E-state index contributed by atoms with van der Waals surface area (Å²) in [6.45, 7) is 0. The SMILES string of the molecule is COc1ccc(C(=O)Nc2sc3c(c2C#N)CCCCCC3)cc1OC. The Bertz CT molecular complexity index is 851. The second kappa shape index (κ2) is 8.24. The Morgan fingerprint density at radius 2 is 1.85 bits per heavy atom. The predicted molar refractivity (Wildman–Crippen MR) is 102 cm³/mol. The van der Waals surface area contributed by atoms with Crippen LogP contribution in [0.15, 0.2) is 18.2 Å². The molecule has 1 aliphatic rings. The molecule has 0 saturated carbocycles. The Morgan fingerprint density at radius 3 is 2.54 bits per heavy atom. The van der Waals surface area contributed by atoms with Gasteiger partial charge >= 0.3 is 0 Å². The fraction of sp³-hybridized carbons (Fsp3) is 0.400. The lowest BCUT2D eigenvalue weighted by Gasteiger charge is -2.10. The number of nitriles is 1. The number of rotatable bonds is 4. The van der Waals surface area contributed by atoms with Crippen molar-refractivity contribution in [1.29, 1.82) is 5.26 Å². The molecule has 26 heavy (non-hydrogen) atoms. The molecule has 136 valence electrons. The average molecular weight is 370 g/mol. The lowest BCUT2D eigenvalue weighted by atomic mass is 9.97. The number of thiophene rings is 1. The summed E-state index contributed by atoms with van der Waals surface area (Å²) in [5.74, 6) is 0.816. The van der Waals surface area contributed by atoms with Gasteiger partial charge in [-0.2, -0.15) is 5.26 Å². The minimum Gasteiger partial charge on any atom is -0.493 e. The number of hydrogen-bond donors (Lipinski definition) is 1. The van der Waals surface area contributed by atoms with E-state index in [0.29, 0.717) is 27.6 Å². The third-order valence-corrected chi connectivity index (χ3v) is 5.86. The number of amides is 1. The molecular formula is C20H22N2O3S. The fourth-order valence-corrected chi connectivity index (χ4v) is 4.51. The average Bonchev–Trinajstić information content (AvgIpc) is 2.96. The van der Waals surface area contributed by atoms with Crippen molar-refractivity contribution >= 4 is 22.2 Å². The highest BCUT2D eigenvalue weighted by atomic mass is 32.1. The fourth-order valence-electron chi connectivity index (χ4n) is 3.28. The summed E-state index contributed by atoms with van der Waals surface area (Å²) >= 11 is 1.54. The predicted octanol–water partition coefficient (Wildman–Crippen LogP) is 4.55. The first kappa shape index (κ1) is 18.3. The maximum absolute atomic E-state index is 12.7. The molecule has 0 spiro atoms. The number of carbonyl (C=O) groups excluding carboxylic acids is 1. The zero-order chi connectivity index (χ0) is 18.5. The smallest absolute Gasteiger partial charge is 0.256 e. The van der Waals surface area contributed by atoms with Crippen LogP contribution in [0.5, 0.6) is 11.5 Å². The van der Waals surface area contributed by atoms with Gasteiger partial charge in [0, 0.05) is 10.4 Å². The van der Waals surface area contributed by atoms with Crippen molar-refractivity contribution in [2.24, 2.45) is 0 Å². The van der Waals surface area contributed by atoms with Crippen LogP contribution in [0.25, 0.3) is 0 Å². The van der Waals surface area contributed by atoms with E-state index in [-0.39, 0.29) is 5.91 Å². The topological polar surface area (TPSA) is 71.3 Å². The largest absolute Gasteiger partial charge is 0.493 e. The van der Waals surface area contributed by atoms with Gasteiger partial charge in [-0.3, -0.25) is 4.79 Å². The summed E-state index contributed by atoms with van der Waals surface area (Å²) in [6, 6.07) is 7.33. The van der Waals surface area contributed by atoms with E-state index in [1.54, 1.807) is 25.3 Å². The Hall–Kier alpha value is -2.52. The number of benzene rings is 1. The third kappa shape index (κ3) is 3.68. The number of nitrogens with one attached hydrogen (secondary N) is 1. The van der Waals surface area contributed by atoms with Gasteiger partial charge in [-0.1, -0.05) is 12.8 Å². The second-order valence-corrected chi connectivity index (χ2v) is 7.36. The number of carbonyl (C=O) groups is 1. The standard InChI is InChI=1S/C20H22N2O3S/c1-24-16-10-9-13(11-17(16)25-2)19(23)22-20-15(12-21)14-7-5-3-4-6-8-18(14)26-20/h9-11H,3-8H2,1-2H3,(H,22,23). The number of ether oxygens (including phenoxy) is 2. The number of hydrogen-bond acceptors (Lipinski definition) is 5. The van der Waals surface area contributed by atoms with Crippen molar-refractivity contribution in [2.75, 3.05) is 19.5 Å². The van der Waals surface area contributed by atoms with Gasteiger partial charge in [-0.25, -0.2) is 0 Å². The van der Waals surface area contributed by atoms with E-state index in [1.807, 2.05) is 0 Å². The third-order valence-electron chi connectivity index (χ3n) is 4.66. The van der Waals surface area contributed by atoms with Crippen molar-refractivity contribution < 1.29 is 14.3 Å². The molecule has 0 unspecified atom stereocenters. The Kier molecular flexibility index (Phi) is 5.79. The molecule has 0 bridgehead atoms. The Balaban J connectivity index is 1.88. The van der Waals surface area contributed by atoms with E-state index in [4.69, 9.17) is 9.47 Å². The molecule has 5 nitrogen and oxygen atoms in total. The van der Waals surface area contributed by atoms with Crippen molar-refractivity contribution in [2.45, 2.75) is 38.5 Å². The summed E-state index contributed by atoms with van der Waals surface area (Å²) < 4.78 is 10.5. The molecule has 0 saturated heterocycles. The maximum atomic E-state index is 12.7. The van der Waals surface area contributed by atoms with Crippen LogP contribution in [0.1, 0.15) is 52.0 Å². The highest BCUT2D eigenvalue weighted by molar-refractivity contribution is 7.16. The van der Waals surface area contributed by atoms with E-state index < -0.39 is 0 Å². The van der Waals surface area contributed by atoms with Crippen LogP contribution in [0, 0.1) is 11.3 Å². The van der Waals surface area contributed by atoms with Crippen molar-refractivity contribution in [3.05, 3.63) is 39.8 Å². The number of aryl methyl sites for hydroxylation is 1. The van der Waals surface area contributed by atoms with Gasteiger partial charge in [0.05, 0.1) is 19.8 Å². The molecule has 1 aromatic carbocycles. The molecular weight excluding hydrogens is 348 g/mol. The van der Waals surface area contributed by atoms with Crippen LogP contribution >= 0.6 is 11.3 Å². The lowest BCUT2D eigenvalue weighted by molar-refractivity contribution is 0.102. The summed E-state index contributed by atoms with van der Waals surface area (Å²) in [4.78, 5) is 13.9. The number of fused-ring (bicyclic) bond motifs is 1. The maximum Gasteiger partial charge on any atom is 0.256 e. The van der Waals surface area contributed by atoms with Gasteiger partial charge < -0.3 is 14.8 Å². The van der Waals surface area contributed by atoms with Gasteiger partial charge in [-0.05, 0) is 49.4 Å². The first-order valence-electron chi connectivity index (χ1n) is 8.76. The molecule has 0 atom stereocenters. The zero-order valence-corrected chi connectivity index (χ0v) is 15.9. The van der Waals surface area contributed by atoms with Crippen molar-refractivity contribution in [3.8, 4) is 17.6 Å². The second-order valence-electron chi connectivity index (χ2n) is 6.26. The molecule has 0 radical (unpaired) electrons. The zero-order valence-electron chi connectivity index (χ0n) is 15.1. The van der Waals surface area contributed by atoms with Gasteiger partial charge in [0.2, 0.25) is 0 Å². The van der Waals surface area contributed by atoms with Crippen LogP contribution in [-0.4, -0.2) is 20.1 Å². The molecule has 1 aliphatic carbocycles. The summed E-state index contributed by atoms with van der Waals surface area (Å²) in [5, 5.41) is 13.2. The Labute approximate surface area is 157 Å². The normalized spacial score (nSPS) is 13.7. The molecule has 3 rings (SSSR count). The first-order valence-corrected chi connectivity index (χ1v) is 9.57. The minimum atomic E-state index is -0.253. The van der Waals surface area contributed by atoms with Gasteiger partial charge in [0.25, 0.3) is 5.91 Å². The van der Waals surface area contributed by atoms with Crippen LogP contribution in [-0.2, 0) is 12.8 Å². The van der Waals surface area contributed by atoms with Crippen LogP contribution < -0.4 is 14.8 Å². The molecule has 6 heteroatoms. The van der Waals surface area contributed by atoms with Crippen LogP contribution in [0.3, 0.4) is 0 Å².